The molecular weight excluding hydrogens is 312 g/mol. The van der Waals surface area contributed by atoms with Crippen LogP contribution in [0.4, 0.5) is 0 Å². The molecule has 0 spiro atoms. The van der Waals surface area contributed by atoms with E-state index in [1.807, 2.05) is 20.8 Å². The van der Waals surface area contributed by atoms with Gasteiger partial charge in [-0.15, -0.1) is 0 Å². The molecule has 120 valence electrons. The zero-order valence-electron chi connectivity index (χ0n) is 13.1. The van der Waals surface area contributed by atoms with E-state index in [-0.39, 0.29) is 16.9 Å². The van der Waals surface area contributed by atoms with Crippen LogP contribution in [0.5, 0.6) is 5.75 Å². The van der Waals surface area contributed by atoms with Crippen molar-refractivity contribution >= 4 is 19.7 Å². The lowest BCUT2D eigenvalue weighted by atomic mass is 10.0. The average Bonchev–Trinajstić information content (AvgIpc) is 2.34. The van der Waals surface area contributed by atoms with Gasteiger partial charge in [-0.1, -0.05) is 13.8 Å². The lowest BCUT2D eigenvalue weighted by molar-refractivity contribution is 0.134. The summed E-state index contributed by atoms with van der Waals surface area (Å²) < 4.78 is 34.2. The second-order valence-electron chi connectivity index (χ2n) is 5.46. The summed E-state index contributed by atoms with van der Waals surface area (Å²) in [5.41, 5.74) is 1.42. The first-order valence-electron chi connectivity index (χ1n) is 6.91. The van der Waals surface area contributed by atoms with E-state index >= 15 is 0 Å². The van der Waals surface area contributed by atoms with Gasteiger partial charge in [0, 0.05) is 30.8 Å². The summed E-state index contributed by atoms with van der Waals surface area (Å²) >= 11 is 0. The largest absolute Gasteiger partial charge is 0.490 e. The molecule has 1 rings (SSSR count). The molecule has 4 nitrogen and oxygen atoms in total. The van der Waals surface area contributed by atoms with Gasteiger partial charge in [-0.2, -0.15) is 0 Å². The second-order valence-corrected chi connectivity index (χ2v) is 7.99. The summed E-state index contributed by atoms with van der Waals surface area (Å²) in [6.45, 7) is 8.27. The molecule has 0 heterocycles. The SMILES string of the molecule is COCCC(C)Oc1cc(C)c(S(=O)(=O)Cl)cc1C(C)C. The lowest BCUT2D eigenvalue weighted by Gasteiger charge is -2.20. The smallest absolute Gasteiger partial charge is 0.261 e. The van der Waals surface area contributed by atoms with Crippen LogP contribution in [0.3, 0.4) is 0 Å². The second kappa shape index (κ2) is 7.47. The summed E-state index contributed by atoms with van der Waals surface area (Å²) in [6, 6.07) is 3.36. The molecule has 1 aromatic rings. The van der Waals surface area contributed by atoms with Gasteiger partial charge in [-0.3, -0.25) is 0 Å². The van der Waals surface area contributed by atoms with Gasteiger partial charge in [0.1, 0.15) is 5.75 Å². The lowest BCUT2D eigenvalue weighted by Crippen LogP contribution is -2.16. The van der Waals surface area contributed by atoms with E-state index < -0.39 is 9.05 Å². The monoisotopic (exact) mass is 334 g/mol. The molecular formula is C15H23ClO4S. The first kappa shape index (κ1) is 18.3. The molecule has 21 heavy (non-hydrogen) atoms. The molecule has 1 aromatic carbocycles. The minimum Gasteiger partial charge on any atom is -0.490 e. The van der Waals surface area contributed by atoms with Gasteiger partial charge in [0.15, 0.2) is 0 Å². The fourth-order valence-electron chi connectivity index (χ4n) is 2.05. The van der Waals surface area contributed by atoms with E-state index in [9.17, 15) is 8.42 Å². The van der Waals surface area contributed by atoms with E-state index in [0.29, 0.717) is 17.9 Å². The Labute approximate surface area is 131 Å². The van der Waals surface area contributed by atoms with Crippen LogP contribution in [0.1, 0.15) is 44.2 Å². The molecule has 0 saturated carbocycles. The van der Waals surface area contributed by atoms with Crippen molar-refractivity contribution in [1.82, 2.24) is 0 Å². The minimum absolute atomic E-state index is 0.0136. The van der Waals surface area contributed by atoms with Gasteiger partial charge in [0.05, 0.1) is 11.0 Å². The summed E-state index contributed by atoms with van der Waals surface area (Å²) in [6.07, 6.45) is 0.753. The van der Waals surface area contributed by atoms with Crippen molar-refractivity contribution in [3.8, 4) is 5.75 Å². The highest BCUT2D eigenvalue weighted by molar-refractivity contribution is 8.13. The van der Waals surface area contributed by atoms with Gasteiger partial charge < -0.3 is 9.47 Å². The predicted molar refractivity (Wildman–Crippen MR) is 84.9 cm³/mol. The maximum Gasteiger partial charge on any atom is 0.261 e. The maximum atomic E-state index is 11.6. The molecule has 0 bridgehead atoms. The predicted octanol–water partition coefficient (Wildman–Crippen LogP) is 3.85. The normalized spacial score (nSPS) is 13.5. The van der Waals surface area contributed by atoms with Gasteiger partial charge in [-0.05, 0) is 43.0 Å². The van der Waals surface area contributed by atoms with Crippen molar-refractivity contribution in [3.63, 3.8) is 0 Å². The maximum absolute atomic E-state index is 11.6. The van der Waals surface area contributed by atoms with E-state index in [4.69, 9.17) is 20.2 Å². The van der Waals surface area contributed by atoms with Gasteiger partial charge in [-0.25, -0.2) is 8.42 Å². The van der Waals surface area contributed by atoms with Crippen LogP contribution in [0.25, 0.3) is 0 Å². The van der Waals surface area contributed by atoms with Crippen LogP contribution >= 0.6 is 10.7 Å². The molecule has 0 fully saturated rings. The van der Waals surface area contributed by atoms with Crippen molar-refractivity contribution in [2.75, 3.05) is 13.7 Å². The zero-order chi connectivity index (χ0) is 16.2. The summed E-state index contributed by atoms with van der Waals surface area (Å²) in [5, 5.41) is 0. The van der Waals surface area contributed by atoms with Crippen molar-refractivity contribution in [2.24, 2.45) is 0 Å². The Morgan fingerprint density at radius 1 is 1.24 bits per heavy atom. The number of aryl methyl sites for hydroxylation is 1. The third-order valence-electron chi connectivity index (χ3n) is 3.25. The number of benzene rings is 1. The van der Waals surface area contributed by atoms with Crippen molar-refractivity contribution < 1.29 is 17.9 Å². The highest BCUT2D eigenvalue weighted by Crippen LogP contribution is 2.33. The topological polar surface area (TPSA) is 52.6 Å². The van der Waals surface area contributed by atoms with E-state index in [0.717, 1.165) is 12.0 Å². The summed E-state index contributed by atoms with van der Waals surface area (Å²) in [5.74, 6) is 0.836. The highest BCUT2D eigenvalue weighted by atomic mass is 35.7. The zero-order valence-corrected chi connectivity index (χ0v) is 14.7. The molecule has 0 N–H and O–H groups in total. The van der Waals surface area contributed by atoms with E-state index in [2.05, 4.69) is 0 Å². The van der Waals surface area contributed by atoms with Crippen LogP contribution in [-0.2, 0) is 13.8 Å². The Morgan fingerprint density at radius 2 is 1.86 bits per heavy atom. The molecule has 0 aliphatic carbocycles. The summed E-state index contributed by atoms with van der Waals surface area (Å²) in [4.78, 5) is 0.143. The number of ether oxygens (including phenoxy) is 2. The number of halogens is 1. The first-order valence-corrected chi connectivity index (χ1v) is 9.22. The molecule has 1 unspecified atom stereocenters. The number of methoxy groups -OCH3 is 1. The minimum atomic E-state index is -3.75. The van der Waals surface area contributed by atoms with Gasteiger partial charge in [0.2, 0.25) is 0 Å². The number of hydrogen-bond acceptors (Lipinski definition) is 4. The Kier molecular flexibility index (Phi) is 6.50. The fourth-order valence-corrected chi connectivity index (χ4v) is 3.26. The van der Waals surface area contributed by atoms with Crippen LogP contribution in [0.2, 0.25) is 0 Å². The van der Waals surface area contributed by atoms with E-state index in [1.54, 1.807) is 26.2 Å². The number of hydrogen-bond donors (Lipinski definition) is 0. The molecule has 0 aliphatic rings. The molecule has 0 saturated heterocycles. The van der Waals surface area contributed by atoms with E-state index in [1.165, 1.54) is 0 Å². The summed E-state index contributed by atoms with van der Waals surface area (Å²) in [7, 11) is 3.38. The van der Waals surface area contributed by atoms with Crippen LogP contribution < -0.4 is 4.74 Å². The van der Waals surface area contributed by atoms with Crippen LogP contribution in [0.15, 0.2) is 17.0 Å². The average molecular weight is 335 g/mol. The Balaban J connectivity index is 3.18. The standard InChI is InChI=1S/C15H23ClO4S/c1-10(2)13-9-15(21(16,17)18)11(3)8-14(13)20-12(4)6-7-19-5/h8-10,12H,6-7H2,1-5H3. The quantitative estimate of drug-likeness (QED) is 0.711. The Bertz CT molecular complexity index is 582. The molecule has 0 radical (unpaired) electrons. The van der Waals surface area contributed by atoms with Crippen molar-refractivity contribution in [3.05, 3.63) is 23.3 Å². The molecule has 0 aliphatic heterocycles. The van der Waals surface area contributed by atoms with Gasteiger partial charge in [0.25, 0.3) is 9.05 Å². The Hall–Kier alpha value is -0.780. The third-order valence-corrected chi connectivity index (χ3v) is 4.71. The Morgan fingerprint density at radius 3 is 2.33 bits per heavy atom. The van der Waals surface area contributed by atoms with Crippen molar-refractivity contribution in [1.29, 1.82) is 0 Å². The van der Waals surface area contributed by atoms with Crippen LogP contribution in [-0.4, -0.2) is 28.2 Å². The first-order chi connectivity index (χ1) is 9.66. The third kappa shape index (κ3) is 5.16. The molecule has 0 amide bonds. The number of rotatable bonds is 7. The fraction of sp³-hybridized carbons (Fsp3) is 0.600. The van der Waals surface area contributed by atoms with Crippen LogP contribution in [0, 0.1) is 6.92 Å². The highest BCUT2D eigenvalue weighted by Gasteiger charge is 2.20. The molecule has 0 aromatic heterocycles. The van der Waals surface area contributed by atoms with Crippen molar-refractivity contribution in [2.45, 2.75) is 51.0 Å². The molecule has 6 heteroatoms. The van der Waals surface area contributed by atoms with Gasteiger partial charge >= 0.3 is 0 Å². The molecule has 1 atom stereocenters.